The van der Waals surface area contributed by atoms with Gasteiger partial charge in [0.25, 0.3) is 0 Å². The van der Waals surface area contributed by atoms with Gasteiger partial charge in [0, 0.05) is 12.0 Å². The minimum Gasteiger partial charge on any atom is -1.00 e. The molecule has 2 rings (SSSR count). The molecular weight excluding hydrogens is 406 g/mol. The summed E-state index contributed by atoms with van der Waals surface area (Å²) in [6.45, 7) is 7.60. The number of unbranched alkanes of at least 4 members (excludes halogenated alkanes) is 2. The summed E-state index contributed by atoms with van der Waals surface area (Å²) in [6.07, 6.45) is 6.53. The van der Waals surface area contributed by atoms with E-state index in [4.69, 9.17) is 9.47 Å². The molecule has 0 fully saturated rings. The highest BCUT2D eigenvalue weighted by molar-refractivity contribution is 5.20. The first kappa shape index (κ1) is 27.5. The Bertz CT molecular complexity index is 676. The maximum absolute atomic E-state index is 5.91. The molecule has 4 heteroatoms. The smallest absolute Gasteiger partial charge is 0.119 e. The SMILES string of the molecule is CC(C)CCCCCC(c1ccccc1)[N+](C)(C)CCOCCOc1ccccc1.[Cl-]. The van der Waals surface area contributed by atoms with Gasteiger partial charge in [0.15, 0.2) is 0 Å². The van der Waals surface area contributed by atoms with Crippen molar-refractivity contribution < 1.29 is 26.4 Å². The Balaban J connectivity index is 0.00000480. The minimum atomic E-state index is 0. The van der Waals surface area contributed by atoms with Gasteiger partial charge in [0.05, 0.1) is 27.3 Å². The van der Waals surface area contributed by atoms with Crippen LogP contribution in [0, 0.1) is 5.92 Å². The van der Waals surface area contributed by atoms with Crippen molar-refractivity contribution in [2.75, 3.05) is 40.5 Å². The highest BCUT2D eigenvalue weighted by Crippen LogP contribution is 2.30. The maximum Gasteiger partial charge on any atom is 0.119 e. The molecule has 0 N–H and O–H groups in total. The third kappa shape index (κ3) is 11.0. The number of benzene rings is 2. The van der Waals surface area contributed by atoms with Crippen molar-refractivity contribution >= 4 is 0 Å². The number of para-hydroxylation sites is 1. The molecule has 0 aliphatic carbocycles. The fourth-order valence-electron chi connectivity index (χ4n) is 3.95. The van der Waals surface area contributed by atoms with E-state index in [2.05, 4.69) is 58.3 Å². The van der Waals surface area contributed by atoms with Gasteiger partial charge in [-0.1, -0.05) is 81.6 Å². The van der Waals surface area contributed by atoms with Crippen LogP contribution in [0.1, 0.15) is 57.6 Å². The molecule has 0 amide bonds. The number of nitrogens with zero attached hydrogens (tertiary/aromatic N) is 1. The highest BCUT2D eigenvalue weighted by Gasteiger charge is 2.29. The Kier molecular flexibility index (Phi) is 13.6. The molecule has 0 heterocycles. The Morgan fingerprint density at radius 3 is 2.00 bits per heavy atom. The molecule has 2 aromatic rings. The summed E-state index contributed by atoms with van der Waals surface area (Å²) in [7, 11) is 4.69. The standard InChI is InChI=1S/C27H42NO2.ClH/c1-24(2)14-8-5-13-19-27(25-15-9-6-10-16-25)28(3,4)20-21-29-22-23-30-26-17-11-7-12-18-26;/h6-7,9-12,15-18,24,27H,5,8,13-14,19-23H2,1-4H3;1H/q+1;/p-1. The average molecular weight is 448 g/mol. The topological polar surface area (TPSA) is 18.5 Å². The monoisotopic (exact) mass is 447 g/mol. The Morgan fingerprint density at radius 2 is 1.35 bits per heavy atom. The molecule has 1 unspecified atom stereocenters. The van der Waals surface area contributed by atoms with Crippen LogP contribution < -0.4 is 17.1 Å². The number of ether oxygens (including phenoxy) is 2. The quantitative estimate of drug-likeness (QED) is 0.307. The predicted molar refractivity (Wildman–Crippen MR) is 127 cm³/mol. The second-order valence-electron chi connectivity index (χ2n) is 9.23. The summed E-state index contributed by atoms with van der Waals surface area (Å²) < 4.78 is 12.6. The van der Waals surface area contributed by atoms with E-state index in [9.17, 15) is 0 Å². The second kappa shape index (κ2) is 15.3. The first-order valence-corrected chi connectivity index (χ1v) is 11.6. The molecule has 174 valence electrons. The minimum absolute atomic E-state index is 0. The summed E-state index contributed by atoms with van der Waals surface area (Å²) in [5, 5.41) is 0. The van der Waals surface area contributed by atoms with Crippen molar-refractivity contribution in [1.29, 1.82) is 0 Å². The molecule has 0 spiro atoms. The second-order valence-corrected chi connectivity index (χ2v) is 9.23. The number of quaternary nitrogens is 1. The van der Waals surface area contributed by atoms with Gasteiger partial charge in [-0.05, 0) is 24.5 Å². The van der Waals surface area contributed by atoms with Gasteiger partial charge < -0.3 is 26.4 Å². The van der Waals surface area contributed by atoms with E-state index in [1.165, 1.54) is 37.7 Å². The zero-order valence-corrected chi connectivity index (χ0v) is 20.7. The number of halogens is 1. The lowest BCUT2D eigenvalue weighted by Gasteiger charge is -2.38. The van der Waals surface area contributed by atoms with E-state index in [0.29, 0.717) is 19.3 Å². The van der Waals surface area contributed by atoms with Gasteiger partial charge in [-0.25, -0.2) is 0 Å². The summed E-state index contributed by atoms with van der Waals surface area (Å²) in [6, 6.07) is 21.4. The van der Waals surface area contributed by atoms with Crippen LogP contribution in [-0.2, 0) is 4.74 Å². The molecular formula is C27H42ClNO2. The van der Waals surface area contributed by atoms with Crippen molar-refractivity contribution in [1.82, 2.24) is 0 Å². The van der Waals surface area contributed by atoms with E-state index in [1.54, 1.807) is 0 Å². The van der Waals surface area contributed by atoms with Gasteiger partial charge in [-0.3, -0.25) is 0 Å². The first-order chi connectivity index (χ1) is 14.5. The zero-order chi connectivity index (χ0) is 21.7. The Labute approximate surface area is 196 Å². The molecule has 2 aromatic carbocycles. The van der Waals surface area contributed by atoms with Gasteiger partial charge in [-0.2, -0.15) is 0 Å². The van der Waals surface area contributed by atoms with E-state index >= 15 is 0 Å². The predicted octanol–water partition coefficient (Wildman–Crippen LogP) is 3.51. The fraction of sp³-hybridized carbons (Fsp3) is 0.556. The fourth-order valence-corrected chi connectivity index (χ4v) is 3.95. The molecule has 0 radical (unpaired) electrons. The van der Waals surface area contributed by atoms with Crippen LogP contribution >= 0.6 is 0 Å². The van der Waals surface area contributed by atoms with Crippen molar-refractivity contribution in [2.24, 2.45) is 5.92 Å². The molecule has 31 heavy (non-hydrogen) atoms. The molecule has 1 atom stereocenters. The van der Waals surface area contributed by atoms with E-state index < -0.39 is 0 Å². The lowest BCUT2D eigenvalue weighted by atomic mass is 9.96. The third-order valence-electron chi connectivity index (χ3n) is 5.84. The van der Waals surface area contributed by atoms with Crippen molar-refractivity contribution in [2.45, 2.75) is 52.0 Å². The van der Waals surface area contributed by atoms with Crippen molar-refractivity contribution in [3.8, 4) is 5.75 Å². The van der Waals surface area contributed by atoms with Crippen LogP contribution in [0.3, 0.4) is 0 Å². The third-order valence-corrected chi connectivity index (χ3v) is 5.84. The molecule has 0 aromatic heterocycles. The average Bonchev–Trinajstić information content (AvgIpc) is 2.74. The number of rotatable bonds is 15. The molecule has 0 saturated carbocycles. The van der Waals surface area contributed by atoms with E-state index in [-0.39, 0.29) is 12.4 Å². The first-order valence-electron chi connectivity index (χ1n) is 11.6. The van der Waals surface area contributed by atoms with E-state index in [0.717, 1.165) is 29.3 Å². The molecule has 0 bridgehead atoms. The summed E-state index contributed by atoms with van der Waals surface area (Å²) in [4.78, 5) is 0. The Morgan fingerprint density at radius 1 is 0.742 bits per heavy atom. The number of likely N-dealkylation sites (N-methyl/N-ethyl adjacent to an activating group) is 1. The largest absolute Gasteiger partial charge is 1.00 e. The van der Waals surface area contributed by atoms with Crippen LogP contribution in [0.4, 0.5) is 0 Å². The van der Waals surface area contributed by atoms with Crippen molar-refractivity contribution in [3.63, 3.8) is 0 Å². The van der Waals surface area contributed by atoms with Crippen LogP contribution in [0.25, 0.3) is 0 Å². The molecule has 0 saturated heterocycles. The molecule has 0 aliphatic rings. The molecule has 0 aliphatic heterocycles. The van der Waals surface area contributed by atoms with Gasteiger partial charge >= 0.3 is 0 Å². The summed E-state index contributed by atoms with van der Waals surface area (Å²) in [5.41, 5.74) is 1.44. The Hall–Kier alpha value is -1.55. The highest BCUT2D eigenvalue weighted by atomic mass is 35.5. The zero-order valence-electron chi connectivity index (χ0n) is 19.9. The van der Waals surface area contributed by atoms with Crippen LogP contribution in [0.15, 0.2) is 60.7 Å². The molecule has 3 nitrogen and oxygen atoms in total. The van der Waals surface area contributed by atoms with Crippen LogP contribution in [0.5, 0.6) is 5.75 Å². The maximum atomic E-state index is 5.91. The van der Waals surface area contributed by atoms with Crippen molar-refractivity contribution in [3.05, 3.63) is 66.2 Å². The van der Waals surface area contributed by atoms with Crippen LogP contribution in [0.2, 0.25) is 0 Å². The van der Waals surface area contributed by atoms with Gasteiger partial charge in [0.1, 0.15) is 24.9 Å². The normalized spacial score (nSPS) is 12.4. The lowest BCUT2D eigenvalue weighted by molar-refractivity contribution is -0.922. The summed E-state index contributed by atoms with van der Waals surface area (Å²) in [5.74, 6) is 1.71. The van der Waals surface area contributed by atoms with Gasteiger partial charge in [0.2, 0.25) is 0 Å². The van der Waals surface area contributed by atoms with Gasteiger partial charge in [-0.15, -0.1) is 0 Å². The number of hydrogen-bond acceptors (Lipinski definition) is 2. The van der Waals surface area contributed by atoms with E-state index in [1.807, 2.05) is 30.3 Å². The lowest BCUT2D eigenvalue weighted by Crippen LogP contribution is -3.00. The van der Waals surface area contributed by atoms with Crippen LogP contribution in [-0.4, -0.2) is 44.9 Å². The summed E-state index contributed by atoms with van der Waals surface area (Å²) >= 11 is 0. The number of hydrogen-bond donors (Lipinski definition) is 0.